The predicted molar refractivity (Wildman–Crippen MR) is 77.1 cm³/mol. The molecule has 102 valence electrons. The molecule has 0 unspecified atom stereocenters. The van der Waals surface area contributed by atoms with Crippen molar-refractivity contribution in [1.82, 2.24) is 9.55 Å². The van der Waals surface area contributed by atoms with Crippen LogP contribution in [0.5, 0.6) is 0 Å². The van der Waals surface area contributed by atoms with Crippen molar-refractivity contribution in [2.75, 3.05) is 17.7 Å². The first kappa shape index (κ1) is 15.0. The van der Waals surface area contributed by atoms with Crippen molar-refractivity contribution in [3.8, 4) is 0 Å². The molecule has 0 fully saturated rings. The lowest BCUT2D eigenvalue weighted by atomic mass is 10.2. The van der Waals surface area contributed by atoms with E-state index in [1.54, 1.807) is 18.1 Å². The number of aromatic nitrogens is 2. The van der Waals surface area contributed by atoms with Gasteiger partial charge in [0.15, 0.2) is 0 Å². The fraction of sp³-hybridized carbons (Fsp3) is 0.667. The maximum atomic E-state index is 12.0. The fourth-order valence-electron chi connectivity index (χ4n) is 1.76. The number of imidazole rings is 1. The first-order valence-corrected chi connectivity index (χ1v) is 6.80. The van der Waals surface area contributed by atoms with Crippen LogP contribution in [0.2, 0.25) is 0 Å². The van der Waals surface area contributed by atoms with Gasteiger partial charge >= 0.3 is 0 Å². The molecule has 0 aliphatic rings. The SMILES string of the molecule is CCCCc1ncc(N(C)C(=O)[C@H](N)CS)n1C. The van der Waals surface area contributed by atoms with Crippen molar-refractivity contribution in [2.24, 2.45) is 12.8 Å². The van der Waals surface area contributed by atoms with E-state index in [4.69, 9.17) is 5.73 Å². The molecule has 1 atom stereocenters. The number of anilines is 1. The first-order valence-electron chi connectivity index (χ1n) is 6.17. The van der Waals surface area contributed by atoms with Gasteiger partial charge in [-0.1, -0.05) is 13.3 Å². The van der Waals surface area contributed by atoms with Crippen LogP contribution < -0.4 is 10.6 Å². The Kier molecular flexibility index (Phi) is 5.68. The highest BCUT2D eigenvalue weighted by Gasteiger charge is 2.20. The number of amides is 1. The Morgan fingerprint density at radius 3 is 2.89 bits per heavy atom. The van der Waals surface area contributed by atoms with E-state index in [2.05, 4.69) is 24.5 Å². The highest BCUT2D eigenvalue weighted by atomic mass is 32.1. The van der Waals surface area contributed by atoms with E-state index >= 15 is 0 Å². The number of carbonyl (C=O) groups excluding carboxylic acids is 1. The van der Waals surface area contributed by atoms with E-state index in [0.29, 0.717) is 5.75 Å². The number of thiol groups is 1. The summed E-state index contributed by atoms with van der Waals surface area (Å²) < 4.78 is 1.94. The number of rotatable bonds is 6. The van der Waals surface area contributed by atoms with Crippen molar-refractivity contribution < 1.29 is 4.79 Å². The molecule has 0 saturated heterocycles. The minimum absolute atomic E-state index is 0.143. The van der Waals surface area contributed by atoms with Gasteiger partial charge in [-0.05, 0) is 6.42 Å². The summed E-state index contributed by atoms with van der Waals surface area (Å²) in [6, 6.07) is -0.577. The number of nitrogens with zero attached hydrogens (tertiary/aromatic N) is 3. The molecule has 0 bridgehead atoms. The Hall–Kier alpha value is -1.01. The summed E-state index contributed by atoms with van der Waals surface area (Å²) in [7, 11) is 3.63. The second-order valence-corrected chi connectivity index (χ2v) is 4.75. The fourth-order valence-corrected chi connectivity index (χ4v) is 1.91. The maximum Gasteiger partial charge on any atom is 0.245 e. The second-order valence-electron chi connectivity index (χ2n) is 4.38. The summed E-state index contributed by atoms with van der Waals surface area (Å²) in [5.41, 5.74) is 5.69. The molecule has 0 spiro atoms. The lowest BCUT2D eigenvalue weighted by molar-refractivity contribution is -0.119. The van der Waals surface area contributed by atoms with Crippen LogP contribution in [0.3, 0.4) is 0 Å². The summed E-state index contributed by atoms with van der Waals surface area (Å²) in [4.78, 5) is 17.9. The van der Waals surface area contributed by atoms with Gasteiger partial charge in [-0.25, -0.2) is 4.98 Å². The molecule has 1 aromatic heterocycles. The summed E-state index contributed by atoms with van der Waals surface area (Å²) in [6.07, 6.45) is 4.86. The smallest absolute Gasteiger partial charge is 0.245 e. The van der Waals surface area contributed by atoms with Crippen LogP contribution in [0.1, 0.15) is 25.6 Å². The van der Waals surface area contributed by atoms with Gasteiger partial charge in [0.1, 0.15) is 11.6 Å². The average Bonchev–Trinajstić information content (AvgIpc) is 2.75. The molecule has 2 N–H and O–H groups in total. The first-order chi connectivity index (χ1) is 8.52. The molecular weight excluding hydrogens is 248 g/mol. The lowest BCUT2D eigenvalue weighted by Gasteiger charge is -2.20. The molecule has 1 heterocycles. The molecule has 1 aromatic rings. The number of aryl methyl sites for hydroxylation is 1. The molecule has 1 rings (SSSR count). The predicted octanol–water partition coefficient (Wildman–Crippen LogP) is 0.983. The molecule has 18 heavy (non-hydrogen) atoms. The molecule has 0 radical (unpaired) electrons. The molecule has 0 saturated carbocycles. The largest absolute Gasteiger partial charge is 0.319 e. The van der Waals surface area contributed by atoms with Crippen molar-refractivity contribution in [3.63, 3.8) is 0 Å². The zero-order chi connectivity index (χ0) is 13.7. The zero-order valence-electron chi connectivity index (χ0n) is 11.3. The van der Waals surface area contributed by atoms with E-state index < -0.39 is 6.04 Å². The lowest BCUT2D eigenvalue weighted by Crippen LogP contribution is -2.43. The van der Waals surface area contributed by atoms with Crippen LogP contribution in [0.25, 0.3) is 0 Å². The van der Waals surface area contributed by atoms with E-state index in [1.165, 1.54) is 0 Å². The van der Waals surface area contributed by atoms with Gasteiger partial charge in [-0.2, -0.15) is 12.6 Å². The summed E-state index contributed by atoms with van der Waals surface area (Å²) in [5.74, 6) is 1.95. The number of hydrogen-bond acceptors (Lipinski definition) is 4. The van der Waals surface area contributed by atoms with Crippen LogP contribution >= 0.6 is 12.6 Å². The van der Waals surface area contributed by atoms with Gasteiger partial charge in [-0.15, -0.1) is 0 Å². The van der Waals surface area contributed by atoms with Gasteiger partial charge in [0.05, 0.1) is 12.2 Å². The van der Waals surface area contributed by atoms with E-state index in [1.807, 2.05) is 11.6 Å². The Balaban J connectivity index is 2.83. The van der Waals surface area contributed by atoms with E-state index in [0.717, 1.165) is 30.9 Å². The highest BCUT2D eigenvalue weighted by molar-refractivity contribution is 7.80. The minimum Gasteiger partial charge on any atom is -0.319 e. The van der Waals surface area contributed by atoms with Crippen molar-refractivity contribution in [3.05, 3.63) is 12.0 Å². The van der Waals surface area contributed by atoms with Crippen LogP contribution in [-0.4, -0.2) is 34.3 Å². The van der Waals surface area contributed by atoms with Gasteiger partial charge < -0.3 is 10.3 Å². The van der Waals surface area contributed by atoms with Crippen LogP contribution in [0, 0.1) is 0 Å². The van der Waals surface area contributed by atoms with Crippen LogP contribution in [-0.2, 0) is 18.3 Å². The van der Waals surface area contributed by atoms with Gasteiger partial charge in [0.2, 0.25) is 5.91 Å². The Bertz CT molecular complexity index is 405. The normalized spacial score (nSPS) is 12.5. The molecule has 0 aromatic carbocycles. The third kappa shape index (κ3) is 3.26. The highest BCUT2D eigenvalue weighted by Crippen LogP contribution is 2.16. The Morgan fingerprint density at radius 1 is 1.67 bits per heavy atom. The molecule has 1 amide bonds. The maximum absolute atomic E-state index is 12.0. The molecular formula is C12H22N4OS. The monoisotopic (exact) mass is 270 g/mol. The summed E-state index contributed by atoms with van der Waals surface area (Å²) >= 11 is 4.04. The summed E-state index contributed by atoms with van der Waals surface area (Å²) in [5, 5.41) is 0. The van der Waals surface area contributed by atoms with Crippen molar-refractivity contribution in [2.45, 2.75) is 32.2 Å². The quantitative estimate of drug-likeness (QED) is 0.758. The standard InChI is InChI=1S/C12H22N4OS/c1-4-5-6-10-14-7-11(15(10)2)16(3)12(17)9(13)8-18/h7,9,18H,4-6,8,13H2,1-3H3/t9-/m1/s1. The minimum atomic E-state index is -0.577. The van der Waals surface area contributed by atoms with Crippen molar-refractivity contribution in [1.29, 1.82) is 0 Å². The van der Waals surface area contributed by atoms with Crippen LogP contribution in [0.15, 0.2) is 6.20 Å². The van der Waals surface area contributed by atoms with Gasteiger partial charge in [0.25, 0.3) is 0 Å². The number of likely N-dealkylation sites (N-methyl/N-ethyl adjacent to an activating group) is 1. The number of unbranched alkanes of at least 4 members (excludes halogenated alkanes) is 1. The zero-order valence-corrected chi connectivity index (χ0v) is 12.2. The average molecular weight is 270 g/mol. The third-order valence-corrected chi connectivity index (χ3v) is 3.40. The molecule has 0 aliphatic heterocycles. The van der Waals surface area contributed by atoms with E-state index in [-0.39, 0.29) is 5.91 Å². The molecule has 0 aliphatic carbocycles. The second kappa shape index (κ2) is 6.80. The van der Waals surface area contributed by atoms with E-state index in [9.17, 15) is 4.79 Å². The number of hydrogen-bond donors (Lipinski definition) is 2. The Labute approximate surface area is 114 Å². The Morgan fingerprint density at radius 2 is 2.33 bits per heavy atom. The van der Waals surface area contributed by atoms with Crippen LogP contribution in [0.4, 0.5) is 5.82 Å². The molecule has 5 nitrogen and oxygen atoms in total. The van der Waals surface area contributed by atoms with Gasteiger partial charge in [0, 0.05) is 26.3 Å². The summed E-state index contributed by atoms with van der Waals surface area (Å²) in [6.45, 7) is 2.14. The molecule has 6 heteroatoms. The third-order valence-electron chi connectivity index (χ3n) is 3.00. The number of nitrogens with two attached hydrogens (primary N) is 1. The van der Waals surface area contributed by atoms with Crippen molar-refractivity contribution >= 4 is 24.4 Å². The number of carbonyl (C=O) groups is 1. The van der Waals surface area contributed by atoms with Gasteiger partial charge in [-0.3, -0.25) is 9.69 Å². The topological polar surface area (TPSA) is 64.2 Å².